The highest BCUT2D eigenvalue weighted by Crippen LogP contribution is 2.21. The van der Waals surface area contributed by atoms with Crippen molar-refractivity contribution in [3.05, 3.63) is 16.8 Å². The van der Waals surface area contributed by atoms with Crippen LogP contribution in [0.25, 0.3) is 10.3 Å². The molecule has 0 amide bonds. The van der Waals surface area contributed by atoms with Gasteiger partial charge >= 0.3 is 0 Å². The summed E-state index contributed by atoms with van der Waals surface area (Å²) in [5.74, 6) is 0. The summed E-state index contributed by atoms with van der Waals surface area (Å²) in [6.07, 6.45) is 0. The summed E-state index contributed by atoms with van der Waals surface area (Å²) in [7, 11) is 0. The molecule has 52 valence electrons. The number of aromatic amines is 1. The normalized spacial score (nSPS) is 11.0. The van der Waals surface area contributed by atoms with Gasteiger partial charge in [0.1, 0.15) is 5.65 Å². The number of nitrogens with one attached hydrogen (secondary N) is 1. The minimum atomic E-state index is 1.03. The van der Waals surface area contributed by atoms with Crippen LogP contribution < -0.4 is 0 Å². The third-order valence-electron chi connectivity index (χ3n) is 1.42. The van der Waals surface area contributed by atoms with Gasteiger partial charge in [0.15, 0.2) is 0 Å². The molecule has 0 bridgehead atoms. The summed E-state index contributed by atoms with van der Waals surface area (Å²) < 4.78 is 1.26. The summed E-state index contributed by atoms with van der Waals surface area (Å²) in [4.78, 5) is 7.48. The molecule has 0 saturated carbocycles. The molecule has 0 spiro atoms. The molecule has 2 rings (SSSR count). The third-order valence-corrected chi connectivity index (χ3v) is 2.34. The van der Waals surface area contributed by atoms with Crippen LogP contribution in [0.2, 0.25) is 0 Å². The lowest BCUT2D eigenvalue weighted by molar-refractivity contribution is 1.23. The van der Waals surface area contributed by atoms with Crippen LogP contribution in [0.5, 0.6) is 0 Å². The predicted molar refractivity (Wildman–Crippen MR) is 43.4 cm³/mol. The first kappa shape index (κ1) is 5.92. The van der Waals surface area contributed by atoms with Gasteiger partial charge in [-0.15, -0.1) is 11.3 Å². The van der Waals surface area contributed by atoms with Crippen molar-refractivity contribution < 1.29 is 0 Å². The fourth-order valence-corrected chi connectivity index (χ4v) is 1.93. The Kier molecular flexibility index (Phi) is 1.08. The van der Waals surface area contributed by atoms with Crippen molar-refractivity contribution >= 4 is 21.7 Å². The van der Waals surface area contributed by atoms with Gasteiger partial charge in [0.05, 0.1) is 9.71 Å². The minimum absolute atomic E-state index is 1.03. The van der Waals surface area contributed by atoms with E-state index in [2.05, 4.69) is 16.0 Å². The minimum Gasteiger partial charge on any atom is -0.343 e. The Morgan fingerprint density at radius 1 is 1.50 bits per heavy atom. The molecule has 10 heavy (non-hydrogen) atoms. The van der Waals surface area contributed by atoms with E-state index in [-0.39, 0.29) is 0 Å². The average Bonchev–Trinajstić information content (AvgIpc) is 2.21. The van der Waals surface area contributed by atoms with Crippen LogP contribution in [0.1, 0.15) is 10.7 Å². The van der Waals surface area contributed by atoms with E-state index in [0.29, 0.717) is 0 Å². The second-order valence-corrected chi connectivity index (χ2v) is 3.63. The van der Waals surface area contributed by atoms with E-state index in [1.54, 1.807) is 11.3 Å². The first-order valence-corrected chi connectivity index (χ1v) is 4.00. The van der Waals surface area contributed by atoms with Crippen LogP contribution in [0.4, 0.5) is 0 Å². The lowest BCUT2D eigenvalue weighted by Gasteiger charge is -1.77. The van der Waals surface area contributed by atoms with Crippen LogP contribution in [-0.4, -0.2) is 9.97 Å². The lowest BCUT2D eigenvalue weighted by atomic mass is 10.5. The maximum Gasteiger partial charge on any atom is 0.148 e. The van der Waals surface area contributed by atoms with Crippen molar-refractivity contribution in [3.63, 3.8) is 0 Å². The fraction of sp³-hybridized carbons (Fsp3) is 0.286. The van der Waals surface area contributed by atoms with Gasteiger partial charge < -0.3 is 4.98 Å². The molecule has 3 heteroatoms. The quantitative estimate of drug-likeness (QED) is 0.616. The van der Waals surface area contributed by atoms with E-state index < -0.39 is 0 Å². The van der Waals surface area contributed by atoms with Gasteiger partial charge in [-0.25, -0.2) is 4.98 Å². The van der Waals surface area contributed by atoms with Crippen LogP contribution in [0.3, 0.4) is 0 Å². The Hall–Kier alpha value is -0.830. The van der Waals surface area contributed by atoms with Crippen molar-refractivity contribution in [3.8, 4) is 0 Å². The molecule has 0 radical (unpaired) electrons. The highest BCUT2D eigenvalue weighted by molar-refractivity contribution is 7.18. The lowest BCUT2D eigenvalue weighted by Crippen LogP contribution is -1.70. The Balaban J connectivity index is 2.83. The zero-order valence-corrected chi connectivity index (χ0v) is 6.75. The molecular weight excluding hydrogens is 144 g/mol. The molecule has 1 N–H and O–H groups in total. The summed E-state index contributed by atoms with van der Waals surface area (Å²) in [6, 6.07) is 2.12. The zero-order chi connectivity index (χ0) is 7.14. The van der Waals surface area contributed by atoms with Crippen molar-refractivity contribution in [1.29, 1.82) is 0 Å². The third kappa shape index (κ3) is 0.743. The molecule has 2 aromatic heterocycles. The van der Waals surface area contributed by atoms with E-state index in [1.807, 2.05) is 13.8 Å². The summed E-state index contributed by atoms with van der Waals surface area (Å²) >= 11 is 1.73. The van der Waals surface area contributed by atoms with Crippen LogP contribution >= 0.6 is 11.3 Å². The SMILES string of the molecule is Cc1cc2sc(C)nc2[nH]1. The molecule has 2 aromatic rings. The summed E-state index contributed by atoms with van der Waals surface area (Å²) in [6.45, 7) is 4.07. The van der Waals surface area contributed by atoms with Crippen LogP contribution in [0, 0.1) is 13.8 Å². The van der Waals surface area contributed by atoms with E-state index in [0.717, 1.165) is 10.7 Å². The van der Waals surface area contributed by atoms with Gasteiger partial charge in [0, 0.05) is 5.69 Å². The van der Waals surface area contributed by atoms with Gasteiger partial charge in [-0.05, 0) is 19.9 Å². The molecule has 0 unspecified atom stereocenters. The molecule has 0 aliphatic rings. The van der Waals surface area contributed by atoms with Crippen molar-refractivity contribution in [2.45, 2.75) is 13.8 Å². The van der Waals surface area contributed by atoms with E-state index >= 15 is 0 Å². The van der Waals surface area contributed by atoms with Gasteiger partial charge in [-0.1, -0.05) is 0 Å². The number of hydrogen-bond acceptors (Lipinski definition) is 2. The maximum absolute atomic E-state index is 4.30. The predicted octanol–water partition coefficient (Wildman–Crippen LogP) is 2.24. The molecule has 0 aromatic carbocycles. The Bertz CT molecular complexity index is 295. The van der Waals surface area contributed by atoms with Gasteiger partial charge in [0.2, 0.25) is 0 Å². The first-order chi connectivity index (χ1) is 4.75. The van der Waals surface area contributed by atoms with Crippen LogP contribution in [0.15, 0.2) is 6.07 Å². The number of fused-ring (bicyclic) bond motifs is 1. The monoisotopic (exact) mass is 152 g/mol. The highest BCUT2D eigenvalue weighted by atomic mass is 32.1. The zero-order valence-electron chi connectivity index (χ0n) is 5.93. The molecule has 2 heterocycles. The number of rotatable bonds is 0. The van der Waals surface area contributed by atoms with Crippen molar-refractivity contribution in [1.82, 2.24) is 9.97 Å². The molecule has 0 saturated heterocycles. The summed E-state index contributed by atoms with van der Waals surface area (Å²) in [5.41, 5.74) is 2.22. The second-order valence-electron chi connectivity index (χ2n) is 2.40. The molecule has 2 nitrogen and oxygen atoms in total. The molecular formula is C7H8N2S. The second kappa shape index (κ2) is 1.83. The van der Waals surface area contributed by atoms with E-state index in [9.17, 15) is 0 Å². The Labute approximate surface area is 62.9 Å². The average molecular weight is 152 g/mol. The van der Waals surface area contributed by atoms with Crippen molar-refractivity contribution in [2.24, 2.45) is 0 Å². The fourth-order valence-electron chi connectivity index (χ4n) is 1.05. The standard InChI is InChI=1S/C7H8N2S/c1-4-3-6-7(8-4)9-5(2)10-6/h3,8H,1-2H3. The number of hydrogen-bond donors (Lipinski definition) is 1. The smallest absolute Gasteiger partial charge is 0.148 e. The molecule has 0 atom stereocenters. The van der Waals surface area contributed by atoms with E-state index in [4.69, 9.17) is 0 Å². The van der Waals surface area contributed by atoms with Gasteiger partial charge in [0.25, 0.3) is 0 Å². The number of H-pyrrole nitrogens is 1. The van der Waals surface area contributed by atoms with Gasteiger partial charge in [-0.3, -0.25) is 0 Å². The largest absolute Gasteiger partial charge is 0.343 e. The highest BCUT2D eigenvalue weighted by Gasteiger charge is 2.00. The number of aromatic nitrogens is 2. The molecule has 0 fully saturated rings. The van der Waals surface area contributed by atoms with Gasteiger partial charge in [-0.2, -0.15) is 0 Å². The van der Waals surface area contributed by atoms with Crippen LogP contribution in [-0.2, 0) is 0 Å². The summed E-state index contributed by atoms with van der Waals surface area (Å²) in [5, 5.41) is 1.13. The van der Waals surface area contributed by atoms with E-state index in [1.165, 1.54) is 10.4 Å². The number of nitrogens with zero attached hydrogens (tertiary/aromatic N) is 1. The van der Waals surface area contributed by atoms with Crippen molar-refractivity contribution in [2.75, 3.05) is 0 Å². The maximum atomic E-state index is 4.30. The Morgan fingerprint density at radius 2 is 2.30 bits per heavy atom. The first-order valence-electron chi connectivity index (χ1n) is 3.18. The Morgan fingerprint density at radius 3 is 3.00 bits per heavy atom. The number of thiazole rings is 1. The topological polar surface area (TPSA) is 28.7 Å². The molecule has 0 aliphatic carbocycles. The molecule has 0 aliphatic heterocycles. The number of aryl methyl sites for hydroxylation is 2.